The van der Waals surface area contributed by atoms with Crippen molar-refractivity contribution in [3.63, 3.8) is 0 Å². The maximum absolute atomic E-state index is 11.0. The highest BCUT2D eigenvalue weighted by atomic mass is 16.5. The van der Waals surface area contributed by atoms with Gasteiger partial charge in [0.25, 0.3) is 0 Å². The lowest BCUT2D eigenvalue weighted by Crippen LogP contribution is -2.48. The molecule has 17 heavy (non-hydrogen) atoms. The van der Waals surface area contributed by atoms with E-state index in [4.69, 9.17) is 9.84 Å². The summed E-state index contributed by atoms with van der Waals surface area (Å²) in [6, 6.07) is 8.29. The number of aliphatic carboxylic acids is 1. The Balaban J connectivity index is 2.22. The van der Waals surface area contributed by atoms with E-state index in [9.17, 15) is 4.79 Å². The maximum Gasteiger partial charge on any atom is 0.306 e. The summed E-state index contributed by atoms with van der Waals surface area (Å²) in [6.45, 7) is 5.08. The molecule has 1 aromatic carbocycles. The van der Waals surface area contributed by atoms with Gasteiger partial charge in [0, 0.05) is 5.41 Å². The van der Waals surface area contributed by atoms with E-state index in [2.05, 4.69) is 25.1 Å². The molecule has 1 aliphatic heterocycles. The van der Waals surface area contributed by atoms with E-state index in [-0.39, 0.29) is 11.3 Å². The summed E-state index contributed by atoms with van der Waals surface area (Å²) >= 11 is 0. The minimum Gasteiger partial charge on any atom is -0.481 e. The highest BCUT2D eigenvalue weighted by Gasteiger charge is 2.42. The van der Waals surface area contributed by atoms with Crippen molar-refractivity contribution in [3.05, 3.63) is 35.4 Å². The van der Waals surface area contributed by atoms with Crippen molar-refractivity contribution in [2.45, 2.75) is 25.7 Å². The van der Waals surface area contributed by atoms with E-state index in [1.165, 1.54) is 11.1 Å². The second-order valence-corrected chi connectivity index (χ2v) is 5.09. The number of aryl methyl sites for hydroxylation is 1. The van der Waals surface area contributed by atoms with E-state index in [0.717, 1.165) is 0 Å². The fraction of sp³-hybridized carbons (Fsp3) is 0.500. The summed E-state index contributed by atoms with van der Waals surface area (Å²) in [5, 5.41) is 9.03. The van der Waals surface area contributed by atoms with Crippen LogP contribution in [0.1, 0.15) is 24.5 Å². The number of carboxylic acids is 1. The fourth-order valence-electron chi connectivity index (χ4n) is 2.40. The normalized spacial score (nSPS) is 19.4. The van der Waals surface area contributed by atoms with Crippen LogP contribution in [0, 0.1) is 12.8 Å². The molecule has 0 bridgehead atoms. The number of benzene rings is 1. The summed E-state index contributed by atoms with van der Waals surface area (Å²) in [4.78, 5) is 11.0. The van der Waals surface area contributed by atoms with Gasteiger partial charge in [-0.1, -0.05) is 36.8 Å². The first-order valence-electron chi connectivity index (χ1n) is 5.91. The molecule has 0 radical (unpaired) electrons. The summed E-state index contributed by atoms with van der Waals surface area (Å²) in [6.07, 6.45) is 0.645. The third kappa shape index (κ3) is 2.34. The third-order valence-electron chi connectivity index (χ3n) is 3.51. The zero-order valence-corrected chi connectivity index (χ0v) is 10.3. The molecule has 0 aliphatic carbocycles. The van der Waals surface area contributed by atoms with Gasteiger partial charge in [0.2, 0.25) is 0 Å². The third-order valence-corrected chi connectivity index (χ3v) is 3.51. The summed E-state index contributed by atoms with van der Waals surface area (Å²) in [7, 11) is 0. The lowest BCUT2D eigenvalue weighted by molar-refractivity contribution is -0.144. The number of ether oxygens (including phenoxy) is 1. The highest BCUT2D eigenvalue weighted by molar-refractivity contribution is 5.69. The van der Waals surface area contributed by atoms with Crippen LogP contribution >= 0.6 is 0 Å². The van der Waals surface area contributed by atoms with Crippen molar-refractivity contribution >= 4 is 5.97 Å². The molecular weight excluding hydrogens is 216 g/mol. The summed E-state index contributed by atoms with van der Waals surface area (Å²) in [5.74, 6) is -1.07. The van der Waals surface area contributed by atoms with Gasteiger partial charge in [0.05, 0.1) is 19.1 Å². The van der Waals surface area contributed by atoms with Crippen LogP contribution in [-0.4, -0.2) is 24.3 Å². The number of hydrogen-bond donors (Lipinski definition) is 1. The first-order chi connectivity index (χ1) is 8.03. The van der Waals surface area contributed by atoms with Crippen molar-refractivity contribution in [1.29, 1.82) is 0 Å². The van der Waals surface area contributed by atoms with E-state index in [1.54, 1.807) is 6.92 Å². The Morgan fingerprint density at radius 2 is 2.24 bits per heavy atom. The molecule has 0 saturated carbocycles. The van der Waals surface area contributed by atoms with Crippen LogP contribution in [-0.2, 0) is 14.9 Å². The molecular formula is C14H18O3. The Kier molecular flexibility index (Phi) is 3.20. The molecule has 3 nitrogen and oxygen atoms in total. The maximum atomic E-state index is 11.0. The molecule has 3 heteroatoms. The molecule has 1 unspecified atom stereocenters. The molecule has 0 aromatic heterocycles. The Morgan fingerprint density at radius 3 is 2.71 bits per heavy atom. The molecule has 1 atom stereocenters. The SMILES string of the molecule is Cc1cccc(C2(CC(C)C(=O)O)COC2)c1. The van der Waals surface area contributed by atoms with Gasteiger partial charge in [0.15, 0.2) is 0 Å². The molecule has 0 amide bonds. The Morgan fingerprint density at radius 1 is 1.53 bits per heavy atom. The van der Waals surface area contributed by atoms with Gasteiger partial charge in [-0.2, -0.15) is 0 Å². The largest absolute Gasteiger partial charge is 0.481 e. The molecule has 0 spiro atoms. The lowest BCUT2D eigenvalue weighted by atomic mass is 9.72. The first-order valence-corrected chi connectivity index (χ1v) is 5.91. The van der Waals surface area contributed by atoms with Gasteiger partial charge in [0.1, 0.15) is 0 Å². The topological polar surface area (TPSA) is 46.5 Å². The second-order valence-electron chi connectivity index (χ2n) is 5.09. The Labute approximate surface area is 101 Å². The molecule has 1 saturated heterocycles. The van der Waals surface area contributed by atoms with Crippen molar-refractivity contribution in [1.82, 2.24) is 0 Å². The van der Waals surface area contributed by atoms with Gasteiger partial charge in [-0.15, -0.1) is 0 Å². The highest BCUT2D eigenvalue weighted by Crippen LogP contribution is 2.38. The molecule has 92 valence electrons. The molecule has 1 fully saturated rings. The van der Waals surface area contributed by atoms with Gasteiger partial charge in [-0.3, -0.25) is 4.79 Å². The van der Waals surface area contributed by atoms with Gasteiger partial charge < -0.3 is 9.84 Å². The van der Waals surface area contributed by atoms with E-state index in [0.29, 0.717) is 19.6 Å². The minimum atomic E-state index is -0.732. The number of hydrogen-bond acceptors (Lipinski definition) is 2. The average Bonchev–Trinajstić information content (AvgIpc) is 2.22. The fourth-order valence-corrected chi connectivity index (χ4v) is 2.40. The van der Waals surface area contributed by atoms with Gasteiger partial charge in [-0.25, -0.2) is 0 Å². The monoisotopic (exact) mass is 234 g/mol. The van der Waals surface area contributed by atoms with Crippen LogP contribution in [0.25, 0.3) is 0 Å². The quantitative estimate of drug-likeness (QED) is 0.870. The minimum absolute atomic E-state index is 0.0934. The van der Waals surface area contributed by atoms with Crippen LogP contribution < -0.4 is 0 Å². The van der Waals surface area contributed by atoms with Crippen molar-refractivity contribution in [2.24, 2.45) is 5.92 Å². The molecule has 2 rings (SSSR count). The van der Waals surface area contributed by atoms with Gasteiger partial charge >= 0.3 is 5.97 Å². The second kappa shape index (κ2) is 4.49. The zero-order chi connectivity index (χ0) is 12.5. The lowest BCUT2D eigenvalue weighted by Gasteiger charge is -2.43. The molecule has 1 N–H and O–H groups in total. The summed E-state index contributed by atoms with van der Waals surface area (Å²) in [5.41, 5.74) is 2.32. The van der Waals surface area contributed by atoms with Crippen molar-refractivity contribution in [3.8, 4) is 0 Å². The number of rotatable bonds is 4. The smallest absolute Gasteiger partial charge is 0.306 e. The Hall–Kier alpha value is -1.35. The number of carbonyl (C=O) groups is 1. The van der Waals surface area contributed by atoms with E-state index in [1.807, 2.05) is 6.07 Å². The predicted molar refractivity (Wildman–Crippen MR) is 65.1 cm³/mol. The van der Waals surface area contributed by atoms with Crippen molar-refractivity contribution < 1.29 is 14.6 Å². The molecule has 1 aromatic rings. The number of carboxylic acid groups (broad SMARTS) is 1. The average molecular weight is 234 g/mol. The van der Waals surface area contributed by atoms with Crippen LogP contribution in [0.5, 0.6) is 0 Å². The van der Waals surface area contributed by atoms with Gasteiger partial charge in [-0.05, 0) is 18.9 Å². The molecule has 1 heterocycles. The van der Waals surface area contributed by atoms with E-state index < -0.39 is 5.97 Å². The van der Waals surface area contributed by atoms with Crippen molar-refractivity contribution in [2.75, 3.05) is 13.2 Å². The molecule has 1 aliphatic rings. The Bertz CT molecular complexity index is 421. The van der Waals surface area contributed by atoms with Crippen LogP contribution in [0.2, 0.25) is 0 Å². The van der Waals surface area contributed by atoms with Crippen LogP contribution in [0.4, 0.5) is 0 Å². The van der Waals surface area contributed by atoms with Crippen LogP contribution in [0.15, 0.2) is 24.3 Å². The van der Waals surface area contributed by atoms with Crippen LogP contribution in [0.3, 0.4) is 0 Å². The zero-order valence-electron chi connectivity index (χ0n) is 10.3. The standard InChI is InChI=1S/C14H18O3/c1-10-4-3-5-12(6-10)14(8-17-9-14)7-11(2)13(15)16/h3-6,11H,7-9H2,1-2H3,(H,15,16). The van der Waals surface area contributed by atoms with E-state index >= 15 is 0 Å². The summed E-state index contributed by atoms with van der Waals surface area (Å²) < 4.78 is 5.32. The first kappa shape index (κ1) is 12.1. The predicted octanol–water partition coefficient (Wildman–Crippen LogP) is 2.37.